The average molecular weight is 406 g/mol. The summed E-state index contributed by atoms with van der Waals surface area (Å²) in [6.45, 7) is 10.3. The molecule has 8 heteroatoms. The number of nitro groups is 1. The molecule has 0 saturated carbocycles. The fourth-order valence-electron chi connectivity index (χ4n) is 3.51. The van der Waals surface area contributed by atoms with E-state index < -0.39 is 4.92 Å². The minimum atomic E-state index is -0.488. The maximum absolute atomic E-state index is 11.1. The topological polar surface area (TPSA) is 88.6 Å². The molecule has 3 aromatic rings. The van der Waals surface area contributed by atoms with Crippen molar-refractivity contribution < 1.29 is 4.92 Å². The van der Waals surface area contributed by atoms with Crippen molar-refractivity contribution >= 4 is 23.4 Å². The third-order valence-electron chi connectivity index (χ3n) is 5.06. The highest BCUT2D eigenvalue weighted by atomic mass is 16.6. The van der Waals surface area contributed by atoms with Crippen molar-refractivity contribution in [3.63, 3.8) is 0 Å². The summed E-state index contributed by atoms with van der Waals surface area (Å²) in [4.78, 5) is 16.9. The van der Waals surface area contributed by atoms with Crippen LogP contribution in [0.4, 0.5) is 17.2 Å². The quantitative estimate of drug-likeness (QED) is 0.333. The van der Waals surface area contributed by atoms with Gasteiger partial charge in [0.05, 0.1) is 11.1 Å². The van der Waals surface area contributed by atoms with Gasteiger partial charge in [-0.05, 0) is 64.1 Å². The summed E-state index contributed by atoms with van der Waals surface area (Å²) in [6.07, 6.45) is 3.14. The minimum absolute atomic E-state index is 0.111. The van der Waals surface area contributed by atoms with Crippen LogP contribution in [0.25, 0.3) is 5.69 Å². The Kier molecular flexibility index (Phi) is 6.46. The fraction of sp³-hybridized carbons (Fsp3) is 0.273. The lowest BCUT2D eigenvalue weighted by molar-refractivity contribution is -0.384. The van der Waals surface area contributed by atoms with E-state index in [1.165, 1.54) is 24.0 Å². The molecule has 0 amide bonds. The van der Waals surface area contributed by atoms with Crippen molar-refractivity contribution in [3.05, 3.63) is 75.7 Å². The number of rotatable bonds is 8. The average Bonchev–Trinajstić information content (AvgIpc) is 3.03. The Morgan fingerprint density at radius 2 is 1.90 bits per heavy atom. The zero-order valence-electron chi connectivity index (χ0n) is 17.7. The monoisotopic (exact) mass is 406 g/mol. The molecule has 2 aromatic heterocycles. The summed E-state index contributed by atoms with van der Waals surface area (Å²) < 4.78 is 2.16. The van der Waals surface area contributed by atoms with Crippen molar-refractivity contribution in [1.29, 1.82) is 0 Å². The Morgan fingerprint density at radius 1 is 1.20 bits per heavy atom. The molecular formula is C22H26N6O2. The molecule has 2 heterocycles. The van der Waals surface area contributed by atoms with Gasteiger partial charge in [-0.15, -0.1) is 0 Å². The summed E-state index contributed by atoms with van der Waals surface area (Å²) >= 11 is 0. The first-order valence-corrected chi connectivity index (χ1v) is 9.89. The molecule has 0 saturated heterocycles. The standard InChI is InChI=1S/C22H26N6O2/c1-5-26(6-2)19-9-11-20(12-10-19)27-16(3)14-18(17(27)4)15-24-25-22-21(28(29)30)8-7-13-23-22/h7-15H,5-6H2,1-4H3,(H,23,25)/b24-15-. The first kappa shape index (κ1) is 21.0. The molecule has 1 aromatic carbocycles. The third kappa shape index (κ3) is 4.32. The van der Waals surface area contributed by atoms with E-state index in [0.717, 1.165) is 35.7 Å². The Morgan fingerprint density at radius 3 is 2.53 bits per heavy atom. The molecule has 156 valence electrons. The van der Waals surface area contributed by atoms with Crippen LogP contribution in [0.1, 0.15) is 30.8 Å². The molecule has 0 bridgehead atoms. The number of nitrogens with one attached hydrogen (secondary N) is 1. The van der Waals surface area contributed by atoms with Gasteiger partial charge in [0, 0.05) is 53.7 Å². The van der Waals surface area contributed by atoms with Crippen LogP contribution in [0.15, 0.2) is 53.8 Å². The maximum Gasteiger partial charge on any atom is 0.313 e. The number of aryl methyl sites for hydroxylation is 1. The molecule has 0 aliphatic carbocycles. The normalized spacial score (nSPS) is 11.1. The highest BCUT2D eigenvalue weighted by molar-refractivity contribution is 5.83. The Balaban J connectivity index is 1.82. The second kappa shape index (κ2) is 9.21. The van der Waals surface area contributed by atoms with Crippen molar-refractivity contribution in [2.24, 2.45) is 5.10 Å². The van der Waals surface area contributed by atoms with Gasteiger partial charge in [-0.3, -0.25) is 15.5 Å². The largest absolute Gasteiger partial charge is 0.372 e. The van der Waals surface area contributed by atoms with Crippen molar-refractivity contribution in [1.82, 2.24) is 9.55 Å². The molecule has 0 aliphatic heterocycles. The van der Waals surface area contributed by atoms with E-state index in [-0.39, 0.29) is 11.5 Å². The molecule has 8 nitrogen and oxygen atoms in total. The number of nitrogens with zero attached hydrogens (tertiary/aromatic N) is 5. The van der Waals surface area contributed by atoms with Crippen LogP contribution in [-0.2, 0) is 0 Å². The lowest BCUT2D eigenvalue weighted by Gasteiger charge is -2.21. The fourth-order valence-corrected chi connectivity index (χ4v) is 3.51. The van der Waals surface area contributed by atoms with Gasteiger partial charge in [0.15, 0.2) is 0 Å². The van der Waals surface area contributed by atoms with E-state index in [2.05, 4.69) is 63.1 Å². The predicted octanol–water partition coefficient (Wildman–Crippen LogP) is 4.69. The van der Waals surface area contributed by atoms with Gasteiger partial charge in [-0.1, -0.05) is 0 Å². The highest BCUT2D eigenvalue weighted by Crippen LogP contribution is 2.23. The molecule has 3 rings (SSSR count). The zero-order valence-corrected chi connectivity index (χ0v) is 17.7. The van der Waals surface area contributed by atoms with Crippen LogP contribution < -0.4 is 10.3 Å². The lowest BCUT2D eigenvalue weighted by atomic mass is 10.2. The molecule has 30 heavy (non-hydrogen) atoms. The molecule has 0 atom stereocenters. The summed E-state index contributed by atoms with van der Waals surface area (Å²) in [5, 5.41) is 15.2. The molecular weight excluding hydrogens is 380 g/mol. The van der Waals surface area contributed by atoms with Crippen LogP contribution >= 0.6 is 0 Å². The number of hydrogen-bond acceptors (Lipinski definition) is 6. The molecule has 1 N–H and O–H groups in total. The molecule has 0 aliphatic rings. The summed E-state index contributed by atoms with van der Waals surface area (Å²) in [5.74, 6) is 0.111. The van der Waals surface area contributed by atoms with E-state index in [1.54, 1.807) is 6.21 Å². The van der Waals surface area contributed by atoms with Crippen LogP contribution in [0, 0.1) is 24.0 Å². The van der Waals surface area contributed by atoms with Crippen molar-refractivity contribution in [3.8, 4) is 5.69 Å². The van der Waals surface area contributed by atoms with Gasteiger partial charge in [0.1, 0.15) is 0 Å². The number of aromatic nitrogens is 2. The number of anilines is 2. The van der Waals surface area contributed by atoms with Gasteiger partial charge < -0.3 is 9.47 Å². The van der Waals surface area contributed by atoms with E-state index in [9.17, 15) is 10.1 Å². The number of pyridine rings is 1. The smallest absolute Gasteiger partial charge is 0.313 e. The second-order valence-electron chi connectivity index (χ2n) is 6.85. The van der Waals surface area contributed by atoms with Gasteiger partial charge >= 0.3 is 5.69 Å². The summed E-state index contributed by atoms with van der Waals surface area (Å²) in [7, 11) is 0. The SMILES string of the molecule is CCN(CC)c1ccc(-n2c(C)cc(/C=N\Nc3ncccc3[N+](=O)[O-])c2C)cc1. The second-order valence-corrected chi connectivity index (χ2v) is 6.85. The lowest BCUT2D eigenvalue weighted by Crippen LogP contribution is -2.21. The van der Waals surface area contributed by atoms with Crippen molar-refractivity contribution in [2.45, 2.75) is 27.7 Å². The molecule has 0 unspecified atom stereocenters. The minimum Gasteiger partial charge on any atom is -0.372 e. The van der Waals surface area contributed by atoms with Crippen LogP contribution in [0.2, 0.25) is 0 Å². The zero-order chi connectivity index (χ0) is 21.7. The van der Waals surface area contributed by atoms with E-state index in [1.807, 2.05) is 19.9 Å². The van der Waals surface area contributed by atoms with Gasteiger partial charge in [0.2, 0.25) is 5.82 Å². The Hall–Kier alpha value is -3.68. The first-order valence-electron chi connectivity index (χ1n) is 9.89. The maximum atomic E-state index is 11.1. The van der Waals surface area contributed by atoms with E-state index in [4.69, 9.17) is 0 Å². The Labute approximate surface area is 176 Å². The molecule has 0 spiro atoms. The highest BCUT2D eigenvalue weighted by Gasteiger charge is 2.14. The number of hydrogen-bond donors (Lipinski definition) is 1. The third-order valence-corrected chi connectivity index (χ3v) is 5.06. The predicted molar refractivity (Wildman–Crippen MR) is 121 cm³/mol. The van der Waals surface area contributed by atoms with Gasteiger partial charge in [0.25, 0.3) is 0 Å². The molecule has 0 radical (unpaired) electrons. The van der Waals surface area contributed by atoms with Crippen LogP contribution in [0.5, 0.6) is 0 Å². The summed E-state index contributed by atoms with van der Waals surface area (Å²) in [5.41, 5.74) is 7.87. The van der Waals surface area contributed by atoms with Crippen molar-refractivity contribution in [2.75, 3.05) is 23.4 Å². The van der Waals surface area contributed by atoms with E-state index >= 15 is 0 Å². The number of benzene rings is 1. The number of hydrazone groups is 1. The van der Waals surface area contributed by atoms with Crippen LogP contribution in [0.3, 0.4) is 0 Å². The Bertz CT molecular complexity index is 1050. The van der Waals surface area contributed by atoms with E-state index in [0.29, 0.717) is 0 Å². The molecule has 0 fully saturated rings. The first-order chi connectivity index (χ1) is 14.5. The summed E-state index contributed by atoms with van der Waals surface area (Å²) in [6, 6.07) is 13.4. The van der Waals surface area contributed by atoms with Gasteiger partial charge in [-0.2, -0.15) is 5.10 Å². The van der Waals surface area contributed by atoms with Crippen LogP contribution in [-0.4, -0.2) is 33.8 Å². The van der Waals surface area contributed by atoms with Gasteiger partial charge in [-0.25, -0.2) is 4.98 Å².